The molecule has 1 aliphatic carbocycles. The van der Waals surface area contributed by atoms with Gasteiger partial charge in [-0.1, -0.05) is 19.6 Å². The molecule has 2 atom stereocenters. The predicted octanol–water partition coefficient (Wildman–Crippen LogP) is 3.90. The minimum absolute atomic E-state index is 0.211. The van der Waals surface area contributed by atoms with Crippen molar-refractivity contribution in [2.24, 2.45) is 11.3 Å². The second-order valence-corrected chi connectivity index (χ2v) is 14.6. The maximum absolute atomic E-state index is 6.19. The Bertz CT molecular complexity index is 314. The molecule has 0 bridgehead atoms. The van der Waals surface area contributed by atoms with Gasteiger partial charge in [0.25, 0.3) is 0 Å². The van der Waals surface area contributed by atoms with Gasteiger partial charge in [-0.3, -0.25) is 0 Å². The van der Waals surface area contributed by atoms with Crippen molar-refractivity contribution in [1.82, 2.24) is 5.32 Å². The molecule has 2 nitrogen and oxygen atoms in total. The average Bonchev–Trinajstić information content (AvgIpc) is 2.96. The molecule has 0 amide bonds. The lowest BCUT2D eigenvalue weighted by Gasteiger charge is -2.41. The summed E-state index contributed by atoms with van der Waals surface area (Å²) in [4.78, 5) is 0. The summed E-state index contributed by atoms with van der Waals surface area (Å²) in [6.45, 7) is 16.5. The third-order valence-electron chi connectivity index (χ3n) is 4.40. The molecule has 0 radical (unpaired) electrons. The highest BCUT2D eigenvalue weighted by molar-refractivity contribution is 6.76. The van der Waals surface area contributed by atoms with Gasteiger partial charge >= 0.3 is 0 Å². The van der Waals surface area contributed by atoms with Gasteiger partial charge in [0.1, 0.15) is 0 Å². The quantitative estimate of drug-likeness (QED) is 0.773. The van der Waals surface area contributed by atoms with E-state index in [1.165, 1.54) is 25.3 Å². The third kappa shape index (κ3) is 4.30. The fourth-order valence-corrected chi connectivity index (χ4v) is 6.30. The first kappa shape index (κ1) is 15.5. The van der Waals surface area contributed by atoms with Gasteiger partial charge in [-0.25, -0.2) is 0 Å². The number of rotatable bonds is 5. The molecule has 19 heavy (non-hydrogen) atoms. The normalized spacial score (nSPS) is 32.8. The summed E-state index contributed by atoms with van der Waals surface area (Å²) in [7, 11) is -1.07. The van der Waals surface area contributed by atoms with Crippen LogP contribution in [-0.4, -0.2) is 32.9 Å². The standard InChI is InChI=1S/C16H33NOSi/c1-15(2,3)17-11-16(12-19(4,5)6)9-10-18-14(16)13-7-8-13/h13-14,17H,7-12H2,1-6H3. The molecule has 1 N–H and O–H groups in total. The second-order valence-electron chi connectivity index (χ2n) is 9.08. The van der Waals surface area contributed by atoms with E-state index < -0.39 is 8.07 Å². The highest BCUT2D eigenvalue weighted by Gasteiger charge is 2.52. The molecule has 1 aliphatic heterocycles. The monoisotopic (exact) mass is 283 g/mol. The van der Waals surface area contributed by atoms with E-state index in [0.717, 1.165) is 19.1 Å². The van der Waals surface area contributed by atoms with Crippen LogP contribution in [0.2, 0.25) is 25.7 Å². The fraction of sp³-hybridized carbons (Fsp3) is 1.00. The van der Waals surface area contributed by atoms with Gasteiger partial charge in [-0.2, -0.15) is 0 Å². The van der Waals surface area contributed by atoms with E-state index in [9.17, 15) is 0 Å². The molecule has 0 aromatic heterocycles. The van der Waals surface area contributed by atoms with Crippen LogP contribution < -0.4 is 5.32 Å². The van der Waals surface area contributed by atoms with Crippen molar-refractivity contribution in [3.63, 3.8) is 0 Å². The Morgan fingerprint density at radius 2 is 1.84 bits per heavy atom. The summed E-state index contributed by atoms with van der Waals surface area (Å²) in [6.07, 6.45) is 4.59. The largest absolute Gasteiger partial charge is 0.377 e. The van der Waals surface area contributed by atoms with Crippen molar-refractivity contribution in [2.75, 3.05) is 13.2 Å². The van der Waals surface area contributed by atoms with Gasteiger partial charge in [0.05, 0.1) is 6.10 Å². The highest BCUT2D eigenvalue weighted by atomic mass is 28.3. The molecule has 0 aromatic rings. The molecule has 2 fully saturated rings. The van der Waals surface area contributed by atoms with E-state index in [-0.39, 0.29) is 5.54 Å². The third-order valence-corrected chi connectivity index (χ3v) is 6.17. The van der Waals surface area contributed by atoms with E-state index in [1.807, 2.05) is 0 Å². The minimum atomic E-state index is -1.07. The maximum atomic E-state index is 6.19. The molecule has 2 aliphatic rings. The zero-order chi connectivity index (χ0) is 14.3. The summed E-state index contributed by atoms with van der Waals surface area (Å²) in [5.41, 5.74) is 0.627. The molecule has 2 unspecified atom stereocenters. The van der Waals surface area contributed by atoms with Crippen molar-refractivity contribution in [3.05, 3.63) is 0 Å². The van der Waals surface area contributed by atoms with Crippen molar-refractivity contribution in [1.29, 1.82) is 0 Å². The van der Waals surface area contributed by atoms with Gasteiger partial charge in [-0.05, 0) is 52.0 Å². The SMILES string of the molecule is CC(C)(C)NCC1(C[Si](C)(C)C)CCOC1C1CC1. The summed E-state index contributed by atoms with van der Waals surface area (Å²) in [5, 5.41) is 3.78. The number of hydrogen-bond acceptors (Lipinski definition) is 2. The van der Waals surface area contributed by atoms with Crippen LogP contribution in [0.15, 0.2) is 0 Å². The van der Waals surface area contributed by atoms with Crippen molar-refractivity contribution >= 4 is 8.07 Å². The van der Waals surface area contributed by atoms with E-state index in [1.54, 1.807) is 0 Å². The van der Waals surface area contributed by atoms with Crippen LogP contribution in [0.1, 0.15) is 40.0 Å². The number of nitrogens with one attached hydrogen (secondary N) is 1. The number of ether oxygens (including phenoxy) is 1. The molecule has 1 saturated heterocycles. The Morgan fingerprint density at radius 1 is 1.21 bits per heavy atom. The number of hydrogen-bond donors (Lipinski definition) is 1. The lowest BCUT2D eigenvalue weighted by Crippen LogP contribution is -2.50. The fourth-order valence-electron chi connectivity index (χ4n) is 3.68. The second kappa shape index (κ2) is 5.16. The first-order valence-corrected chi connectivity index (χ1v) is 11.7. The van der Waals surface area contributed by atoms with Crippen molar-refractivity contribution in [3.8, 4) is 0 Å². The molecular weight excluding hydrogens is 250 g/mol. The molecular formula is C16H33NOSi. The average molecular weight is 284 g/mol. The summed E-state index contributed by atoms with van der Waals surface area (Å²) >= 11 is 0. The van der Waals surface area contributed by atoms with Crippen LogP contribution in [0.4, 0.5) is 0 Å². The molecule has 0 aromatic carbocycles. The minimum Gasteiger partial charge on any atom is -0.377 e. The van der Waals surface area contributed by atoms with Crippen LogP contribution in [-0.2, 0) is 4.74 Å². The Kier molecular flexibility index (Phi) is 4.21. The topological polar surface area (TPSA) is 21.3 Å². The summed E-state index contributed by atoms with van der Waals surface area (Å²) in [6, 6.07) is 1.41. The van der Waals surface area contributed by atoms with Crippen LogP contribution >= 0.6 is 0 Å². The van der Waals surface area contributed by atoms with Gasteiger partial charge in [0.15, 0.2) is 0 Å². The lowest BCUT2D eigenvalue weighted by atomic mass is 9.80. The summed E-state index contributed by atoms with van der Waals surface area (Å²) < 4.78 is 6.19. The highest BCUT2D eigenvalue weighted by Crippen LogP contribution is 2.51. The molecule has 0 spiro atoms. The van der Waals surface area contributed by atoms with Gasteiger partial charge in [-0.15, -0.1) is 0 Å². The Hall–Kier alpha value is 0.137. The van der Waals surface area contributed by atoms with Crippen LogP contribution in [0, 0.1) is 11.3 Å². The van der Waals surface area contributed by atoms with E-state index >= 15 is 0 Å². The Morgan fingerprint density at radius 3 is 2.32 bits per heavy atom. The first-order valence-electron chi connectivity index (χ1n) is 7.98. The van der Waals surface area contributed by atoms with Crippen LogP contribution in [0.5, 0.6) is 0 Å². The zero-order valence-electron chi connectivity index (χ0n) is 13.8. The molecule has 112 valence electrons. The maximum Gasteiger partial charge on any atom is 0.0669 e. The molecule has 1 saturated carbocycles. The Labute approximate surface area is 120 Å². The van der Waals surface area contributed by atoms with Gasteiger partial charge in [0, 0.05) is 32.2 Å². The lowest BCUT2D eigenvalue weighted by molar-refractivity contribution is 0.0358. The van der Waals surface area contributed by atoms with Crippen LogP contribution in [0.3, 0.4) is 0 Å². The smallest absolute Gasteiger partial charge is 0.0669 e. The van der Waals surface area contributed by atoms with E-state index in [4.69, 9.17) is 4.74 Å². The molecule has 1 heterocycles. The molecule has 2 rings (SSSR count). The van der Waals surface area contributed by atoms with Crippen molar-refractivity contribution in [2.45, 2.75) is 77.4 Å². The van der Waals surface area contributed by atoms with Gasteiger partial charge < -0.3 is 10.1 Å². The van der Waals surface area contributed by atoms with Crippen molar-refractivity contribution < 1.29 is 4.74 Å². The first-order chi connectivity index (χ1) is 8.61. The zero-order valence-corrected chi connectivity index (χ0v) is 14.8. The predicted molar refractivity (Wildman–Crippen MR) is 85.4 cm³/mol. The van der Waals surface area contributed by atoms with E-state index in [0.29, 0.717) is 11.5 Å². The van der Waals surface area contributed by atoms with Crippen LogP contribution in [0.25, 0.3) is 0 Å². The van der Waals surface area contributed by atoms with Gasteiger partial charge in [0.2, 0.25) is 0 Å². The molecule has 3 heteroatoms. The van der Waals surface area contributed by atoms with E-state index in [2.05, 4.69) is 45.7 Å². The Balaban J connectivity index is 2.12. The summed E-state index contributed by atoms with van der Waals surface area (Å²) in [5.74, 6) is 0.862.